The summed E-state index contributed by atoms with van der Waals surface area (Å²) in [4.78, 5) is 53.7. The second-order valence-corrected chi connectivity index (χ2v) is 23.8. The van der Waals surface area contributed by atoms with Crippen LogP contribution in [-0.2, 0) is 54.9 Å². The van der Waals surface area contributed by atoms with Gasteiger partial charge < -0.3 is 24.1 Å². The van der Waals surface area contributed by atoms with Gasteiger partial charge in [0, 0.05) is 35.0 Å². The standard InChI is InChI=1S/C53H67N3O12S2/c1-11-12-27-65-49(59)47-41-30-52(7,8)26-25-45(41)69-48(47)40-16-14-13-15-37(40)33-66-38-20-17-35(18-21-38)28-43-44(67-53(9,10)55(43)50(60)68-51(4,5)6)32-54(31-34(2)3)70(63,64)39-22-23-42(56(61)62)36(29-39)19-24-46(57)58/h13-24,29,34,43-44H,11-12,25-28,30-33H2,1-10H3,(H,57,58)/b24-19+/t43-,44+/m0/s1. The molecule has 2 aliphatic rings. The average molecular weight is 1000 g/mol. The molecule has 15 nitrogen and oxygen atoms in total. The fourth-order valence-electron chi connectivity index (χ4n) is 9.00. The third kappa shape index (κ3) is 13.0. The lowest BCUT2D eigenvalue weighted by Crippen LogP contribution is -2.52. The summed E-state index contributed by atoms with van der Waals surface area (Å²) in [6.07, 6.45) is 4.88. The number of amides is 1. The van der Waals surface area contributed by atoms with Gasteiger partial charge in [0.15, 0.2) is 0 Å². The fourth-order valence-corrected chi connectivity index (χ4v) is 12.0. The number of unbranched alkanes of at least 4 members (excludes halogenated alkanes) is 1. The quantitative estimate of drug-likeness (QED) is 0.0308. The molecule has 1 saturated heterocycles. The van der Waals surface area contributed by atoms with Crippen molar-refractivity contribution in [2.24, 2.45) is 11.3 Å². The summed E-state index contributed by atoms with van der Waals surface area (Å²) < 4.78 is 55.1. The molecule has 1 N–H and O–H groups in total. The number of aryl methyl sites for hydroxylation is 1. The normalized spacial score (nSPS) is 17.7. The fraction of sp³-hybridized carbons (Fsp3) is 0.491. The van der Waals surface area contributed by atoms with Gasteiger partial charge in [0.1, 0.15) is 23.7 Å². The van der Waals surface area contributed by atoms with E-state index >= 15 is 0 Å². The molecule has 0 saturated carbocycles. The van der Waals surface area contributed by atoms with E-state index in [0.717, 1.165) is 83.5 Å². The first-order valence-electron chi connectivity index (χ1n) is 23.8. The van der Waals surface area contributed by atoms with Crippen LogP contribution in [0.1, 0.15) is 126 Å². The average Bonchev–Trinajstić information content (AvgIpc) is 3.76. The third-order valence-corrected chi connectivity index (χ3v) is 15.4. The third-order valence-electron chi connectivity index (χ3n) is 12.3. The molecule has 4 aromatic rings. The first kappa shape index (κ1) is 53.7. The molecule has 2 heterocycles. The zero-order valence-corrected chi connectivity index (χ0v) is 43.5. The molecule has 1 aliphatic carbocycles. The molecule has 0 bridgehead atoms. The number of carboxylic acids is 1. The van der Waals surface area contributed by atoms with Crippen molar-refractivity contribution in [1.82, 2.24) is 9.21 Å². The van der Waals surface area contributed by atoms with E-state index < -0.39 is 56.2 Å². The van der Waals surface area contributed by atoms with Crippen molar-refractivity contribution < 1.29 is 51.8 Å². The zero-order chi connectivity index (χ0) is 51.3. The number of fused-ring (bicyclic) bond motifs is 1. The summed E-state index contributed by atoms with van der Waals surface area (Å²) in [6.45, 7) is 19.4. The number of hydrogen-bond acceptors (Lipinski definition) is 12. The maximum atomic E-state index is 14.5. The number of benzene rings is 3. The molecular formula is C53H67N3O12S2. The highest BCUT2D eigenvalue weighted by Crippen LogP contribution is 2.46. The van der Waals surface area contributed by atoms with Crippen molar-refractivity contribution >= 4 is 51.2 Å². The van der Waals surface area contributed by atoms with Crippen LogP contribution in [-0.4, -0.2) is 88.9 Å². The topological polar surface area (TPSA) is 192 Å². The number of rotatable bonds is 19. The van der Waals surface area contributed by atoms with Crippen LogP contribution < -0.4 is 4.74 Å². The van der Waals surface area contributed by atoms with Crippen molar-refractivity contribution in [2.45, 2.75) is 143 Å². The predicted octanol–water partition coefficient (Wildman–Crippen LogP) is 11.1. The lowest BCUT2D eigenvalue weighted by Gasteiger charge is -2.35. The number of nitrogens with zero attached hydrogens (tertiary/aromatic N) is 3. The van der Waals surface area contributed by atoms with Crippen LogP contribution in [0.15, 0.2) is 77.7 Å². The summed E-state index contributed by atoms with van der Waals surface area (Å²) in [5.74, 6) is -1.23. The molecule has 1 aromatic heterocycles. The first-order valence-corrected chi connectivity index (χ1v) is 26.1. The predicted molar refractivity (Wildman–Crippen MR) is 269 cm³/mol. The lowest BCUT2D eigenvalue weighted by molar-refractivity contribution is -0.385. The minimum atomic E-state index is -4.38. The van der Waals surface area contributed by atoms with E-state index in [4.69, 9.17) is 18.9 Å². The number of carbonyl (C=O) groups excluding carboxylic acids is 2. The minimum Gasteiger partial charge on any atom is -0.489 e. The van der Waals surface area contributed by atoms with Crippen LogP contribution in [0.5, 0.6) is 5.75 Å². The van der Waals surface area contributed by atoms with Crippen LogP contribution in [0.3, 0.4) is 0 Å². The highest BCUT2D eigenvalue weighted by Gasteiger charge is 2.52. The number of nitro groups is 1. The molecule has 1 amide bonds. The van der Waals surface area contributed by atoms with Gasteiger partial charge in [0.05, 0.1) is 39.7 Å². The monoisotopic (exact) mass is 1000 g/mol. The Bertz CT molecular complexity index is 2700. The van der Waals surface area contributed by atoms with Crippen LogP contribution in [0.2, 0.25) is 0 Å². The first-order chi connectivity index (χ1) is 32.8. The van der Waals surface area contributed by atoms with E-state index in [2.05, 4.69) is 20.8 Å². The van der Waals surface area contributed by atoms with Gasteiger partial charge in [-0.2, -0.15) is 4.31 Å². The number of thiophene rings is 1. The van der Waals surface area contributed by atoms with Crippen LogP contribution in [0, 0.1) is 21.4 Å². The van der Waals surface area contributed by atoms with E-state index in [0.29, 0.717) is 24.0 Å². The zero-order valence-electron chi connectivity index (χ0n) is 41.9. The molecular weight excluding hydrogens is 935 g/mol. The number of nitro benzene ring substituents is 1. The van der Waals surface area contributed by atoms with Gasteiger partial charge in [-0.15, -0.1) is 11.3 Å². The molecule has 0 unspecified atom stereocenters. The summed E-state index contributed by atoms with van der Waals surface area (Å²) in [7, 11) is -4.38. The van der Waals surface area contributed by atoms with Gasteiger partial charge >= 0.3 is 18.0 Å². The summed E-state index contributed by atoms with van der Waals surface area (Å²) in [5, 5.41) is 21.0. The van der Waals surface area contributed by atoms with Crippen molar-refractivity contribution in [1.29, 1.82) is 0 Å². The Morgan fingerprint density at radius 3 is 2.40 bits per heavy atom. The molecule has 1 aliphatic heterocycles. The summed E-state index contributed by atoms with van der Waals surface area (Å²) >= 11 is 1.67. The number of ether oxygens (including phenoxy) is 4. The van der Waals surface area contributed by atoms with Crippen molar-refractivity contribution in [3.8, 4) is 16.2 Å². The van der Waals surface area contributed by atoms with Gasteiger partial charge in [-0.3, -0.25) is 15.0 Å². The molecule has 6 rings (SSSR count). The summed E-state index contributed by atoms with van der Waals surface area (Å²) in [6, 6.07) is 17.9. The lowest BCUT2D eigenvalue weighted by atomic mass is 9.76. The SMILES string of the molecule is CCCCOC(=O)c1c(-c2ccccc2COc2ccc(C[C@H]3[C@@H](CN(CC(C)C)S(=O)(=O)c4ccc([N+](=O)[O-])c(/C=C/C(=O)O)c4)OC(C)(C)N3C(=O)OC(C)(C)C)cc2)sc2c1CC(C)(C)CC2. The van der Waals surface area contributed by atoms with Gasteiger partial charge in [0.2, 0.25) is 10.0 Å². The number of aliphatic carboxylic acids is 1. The van der Waals surface area contributed by atoms with E-state index in [1.165, 1.54) is 14.1 Å². The second kappa shape index (κ2) is 21.8. The Hall–Kier alpha value is -5.62. The number of carboxylic acid groups (broad SMARTS) is 1. The largest absolute Gasteiger partial charge is 0.489 e. The van der Waals surface area contributed by atoms with Gasteiger partial charge in [-0.25, -0.2) is 22.8 Å². The second-order valence-electron chi connectivity index (χ2n) is 20.7. The Morgan fingerprint density at radius 2 is 1.76 bits per heavy atom. The van der Waals surface area contributed by atoms with E-state index in [9.17, 15) is 38.0 Å². The van der Waals surface area contributed by atoms with E-state index in [-0.39, 0.29) is 53.9 Å². The highest BCUT2D eigenvalue weighted by atomic mass is 32.2. The molecule has 0 spiro atoms. The van der Waals surface area contributed by atoms with Crippen LogP contribution in [0.4, 0.5) is 10.5 Å². The number of carbonyl (C=O) groups is 3. The maximum Gasteiger partial charge on any atom is 0.412 e. The minimum absolute atomic E-state index is 0.0333. The Balaban J connectivity index is 1.28. The van der Waals surface area contributed by atoms with Crippen molar-refractivity contribution in [2.75, 3.05) is 19.7 Å². The molecule has 17 heteroatoms. The summed E-state index contributed by atoms with van der Waals surface area (Å²) in [5.41, 5.74) is 1.70. The van der Waals surface area contributed by atoms with Crippen LogP contribution >= 0.6 is 11.3 Å². The highest BCUT2D eigenvalue weighted by molar-refractivity contribution is 7.89. The van der Waals surface area contributed by atoms with Crippen LogP contribution in [0.25, 0.3) is 16.5 Å². The molecule has 0 radical (unpaired) electrons. The Labute approximate surface area is 416 Å². The number of esters is 1. The number of sulfonamides is 1. The molecule has 3 aromatic carbocycles. The van der Waals surface area contributed by atoms with Gasteiger partial charge in [0.25, 0.3) is 5.69 Å². The smallest absolute Gasteiger partial charge is 0.412 e. The molecule has 378 valence electrons. The maximum absolute atomic E-state index is 14.5. The molecule has 70 heavy (non-hydrogen) atoms. The van der Waals surface area contributed by atoms with E-state index in [1.54, 1.807) is 46.0 Å². The van der Waals surface area contributed by atoms with E-state index in [1.807, 2.05) is 62.4 Å². The number of hydrogen-bond donors (Lipinski definition) is 1. The van der Waals surface area contributed by atoms with Gasteiger partial charge in [-0.1, -0.05) is 77.4 Å². The molecule has 1 fully saturated rings. The van der Waals surface area contributed by atoms with Gasteiger partial charge in [-0.05, 0) is 131 Å². The molecule has 2 atom stereocenters. The van der Waals surface area contributed by atoms with Crippen molar-refractivity contribution in [3.63, 3.8) is 0 Å². The van der Waals surface area contributed by atoms with Crippen molar-refractivity contribution in [3.05, 3.63) is 116 Å². The Kier molecular flexibility index (Phi) is 16.7. The Morgan fingerprint density at radius 1 is 1.06 bits per heavy atom.